The third-order valence-electron chi connectivity index (χ3n) is 4.15. The van der Waals surface area contributed by atoms with E-state index in [0.717, 1.165) is 48.7 Å². The third-order valence-corrected chi connectivity index (χ3v) is 4.15. The summed E-state index contributed by atoms with van der Waals surface area (Å²) < 4.78 is 6.56. The molecule has 0 fully saturated rings. The van der Waals surface area contributed by atoms with Crippen molar-refractivity contribution in [1.29, 1.82) is 0 Å². The molecule has 0 aliphatic carbocycles. The standard InChI is InChI=1S/C15H16N6O2/c1-23-15(22)13-7-16-14-10(3-2-5-21(13)14)8-20-6-4-11-12(9-20)18-19-17-11/h2-3,5,7H,4,6,8-9H2,1H3,(H,17,18,19). The number of rotatable bonds is 3. The summed E-state index contributed by atoms with van der Waals surface area (Å²) in [6.07, 6.45) is 4.26. The predicted molar refractivity (Wildman–Crippen MR) is 80.7 cm³/mol. The molecular formula is C15H16N6O2. The smallest absolute Gasteiger partial charge is 0.356 e. The Bertz CT molecular complexity index is 868. The van der Waals surface area contributed by atoms with Crippen LogP contribution in [0.3, 0.4) is 0 Å². The van der Waals surface area contributed by atoms with Gasteiger partial charge < -0.3 is 4.74 Å². The van der Waals surface area contributed by atoms with Crippen LogP contribution in [-0.2, 0) is 24.2 Å². The van der Waals surface area contributed by atoms with E-state index in [1.165, 1.54) is 7.11 Å². The van der Waals surface area contributed by atoms with Crippen molar-refractivity contribution in [1.82, 2.24) is 29.7 Å². The number of H-pyrrole nitrogens is 1. The summed E-state index contributed by atoms with van der Waals surface area (Å²) in [5.41, 5.74) is 4.32. The number of imidazole rings is 1. The second kappa shape index (κ2) is 5.47. The minimum absolute atomic E-state index is 0.389. The number of pyridine rings is 1. The summed E-state index contributed by atoms with van der Waals surface area (Å²) in [6.45, 7) is 2.43. The largest absolute Gasteiger partial charge is 0.464 e. The number of hydrogen-bond acceptors (Lipinski definition) is 6. The topological polar surface area (TPSA) is 88.4 Å². The maximum Gasteiger partial charge on any atom is 0.356 e. The van der Waals surface area contributed by atoms with Gasteiger partial charge in [-0.3, -0.25) is 9.30 Å². The van der Waals surface area contributed by atoms with Gasteiger partial charge in [0.15, 0.2) is 5.69 Å². The van der Waals surface area contributed by atoms with E-state index in [9.17, 15) is 4.79 Å². The summed E-state index contributed by atoms with van der Waals surface area (Å²) in [5.74, 6) is -0.389. The van der Waals surface area contributed by atoms with E-state index in [-0.39, 0.29) is 5.97 Å². The zero-order chi connectivity index (χ0) is 15.8. The predicted octanol–water partition coefficient (Wildman–Crippen LogP) is 0.797. The van der Waals surface area contributed by atoms with Crippen molar-refractivity contribution in [2.75, 3.05) is 13.7 Å². The highest BCUT2D eigenvalue weighted by molar-refractivity contribution is 5.88. The number of ether oxygens (including phenoxy) is 1. The summed E-state index contributed by atoms with van der Waals surface area (Å²) in [4.78, 5) is 18.5. The summed E-state index contributed by atoms with van der Waals surface area (Å²) in [6, 6.07) is 3.95. The first-order valence-electron chi connectivity index (χ1n) is 7.40. The van der Waals surface area contributed by atoms with E-state index < -0.39 is 0 Å². The molecule has 1 aliphatic heterocycles. The molecule has 0 saturated carbocycles. The molecule has 0 saturated heterocycles. The van der Waals surface area contributed by atoms with Gasteiger partial charge in [0.05, 0.1) is 24.7 Å². The maximum atomic E-state index is 11.8. The maximum absolute atomic E-state index is 11.8. The fourth-order valence-electron chi connectivity index (χ4n) is 2.98. The number of aromatic nitrogens is 5. The number of carbonyl (C=O) groups excluding carboxylic acids is 1. The van der Waals surface area contributed by atoms with E-state index in [2.05, 4.69) is 25.3 Å². The molecular weight excluding hydrogens is 296 g/mol. The van der Waals surface area contributed by atoms with Crippen molar-refractivity contribution in [3.8, 4) is 0 Å². The third kappa shape index (κ3) is 2.36. The minimum Gasteiger partial charge on any atom is -0.464 e. The van der Waals surface area contributed by atoms with E-state index in [0.29, 0.717) is 5.69 Å². The zero-order valence-electron chi connectivity index (χ0n) is 12.7. The molecule has 0 amide bonds. The molecule has 4 rings (SSSR count). The second-order valence-electron chi connectivity index (χ2n) is 5.54. The Morgan fingerprint density at radius 2 is 2.26 bits per heavy atom. The molecule has 8 heteroatoms. The quantitative estimate of drug-likeness (QED) is 0.720. The van der Waals surface area contributed by atoms with Gasteiger partial charge in [0.25, 0.3) is 0 Å². The molecule has 1 aliphatic rings. The van der Waals surface area contributed by atoms with Crippen molar-refractivity contribution >= 4 is 11.6 Å². The lowest BCUT2D eigenvalue weighted by atomic mass is 10.1. The molecule has 0 spiro atoms. The first-order valence-corrected chi connectivity index (χ1v) is 7.40. The van der Waals surface area contributed by atoms with Crippen LogP contribution in [0, 0.1) is 0 Å². The van der Waals surface area contributed by atoms with E-state index in [1.54, 1.807) is 10.6 Å². The zero-order valence-corrected chi connectivity index (χ0v) is 12.7. The minimum atomic E-state index is -0.389. The van der Waals surface area contributed by atoms with Crippen molar-refractivity contribution in [2.45, 2.75) is 19.5 Å². The molecule has 118 valence electrons. The van der Waals surface area contributed by atoms with Crippen molar-refractivity contribution in [3.63, 3.8) is 0 Å². The average Bonchev–Trinajstić information content (AvgIpc) is 3.20. The van der Waals surface area contributed by atoms with Gasteiger partial charge in [0, 0.05) is 37.8 Å². The number of nitrogens with zero attached hydrogens (tertiary/aromatic N) is 5. The van der Waals surface area contributed by atoms with Crippen LogP contribution in [-0.4, -0.2) is 49.3 Å². The van der Waals surface area contributed by atoms with E-state index in [4.69, 9.17) is 4.74 Å². The van der Waals surface area contributed by atoms with Crippen molar-refractivity contribution < 1.29 is 9.53 Å². The Balaban J connectivity index is 1.63. The fraction of sp³-hybridized carbons (Fsp3) is 0.333. The van der Waals surface area contributed by atoms with Crippen LogP contribution in [0.2, 0.25) is 0 Å². The van der Waals surface area contributed by atoms with Gasteiger partial charge >= 0.3 is 5.97 Å². The van der Waals surface area contributed by atoms with Gasteiger partial charge in [0.2, 0.25) is 0 Å². The van der Waals surface area contributed by atoms with Crippen LogP contribution in [0.1, 0.15) is 27.4 Å². The van der Waals surface area contributed by atoms with Gasteiger partial charge in [0.1, 0.15) is 5.65 Å². The van der Waals surface area contributed by atoms with Crippen LogP contribution in [0.4, 0.5) is 0 Å². The second-order valence-corrected chi connectivity index (χ2v) is 5.54. The molecule has 0 bridgehead atoms. The monoisotopic (exact) mass is 312 g/mol. The summed E-state index contributed by atoms with van der Waals surface area (Å²) >= 11 is 0. The van der Waals surface area contributed by atoms with Crippen LogP contribution in [0.5, 0.6) is 0 Å². The Kier molecular flexibility index (Phi) is 3.30. The number of aromatic amines is 1. The highest BCUT2D eigenvalue weighted by Crippen LogP contribution is 2.19. The Morgan fingerprint density at radius 1 is 1.39 bits per heavy atom. The molecule has 0 aromatic carbocycles. The van der Waals surface area contributed by atoms with Crippen molar-refractivity contribution in [2.24, 2.45) is 0 Å². The van der Waals surface area contributed by atoms with Crippen LogP contribution >= 0.6 is 0 Å². The Morgan fingerprint density at radius 3 is 3.13 bits per heavy atom. The molecule has 1 N–H and O–H groups in total. The van der Waals surface area contributed by atoms with E-state index in [1.807, 2.05) is 18.3 Å². The number of methoxy groups -OCH3 is 1. The number of nitrogens with one attached hydrogen (secondary N) is 1. The lowest BCUT2D eigenvalue weighted by Crippen LogP contribution is -2.30. The molecule has 0 atom stereocenters. The van der Waals surface area contributed by atoms with Gasteiger partial charge in [-0.25, -0.2) is 9.78 Å². The molecule has 3 aromatic heterocycles. The molecule has 0 radical (unpaired) electrons. The first-order chi connectivity index (χ1) is 11.3. The lowest BCUT2D eigenvalue weighted by molar-refractivity contribution is 0.0593. The van der Waals surface area contributed by atoms with Crippen LogP contribution in [0.15, 0.2) is 24.5 Å². The number of carbonyl (C=O) groups is 1. The number of fused-ring (bicyclic) bond motifs is 2. The molecule has 3 aromatic rings. The van der Waals surface area contributed by atoms with E-state index >= 15 is 0 Å². The first kappa shape index (κ1) is 13.9. The van der Waals surface area contributed by atoms with Crippen LogP contribution in [0.25, 0.3) is 5.65 Å². The van der Waals surface area contributed by atoms with Gasteiger partial charge in [-0.05, 0) is 6.07 Å². The Labute approximate surface area is 132 Å². The molecule has 23 heavy (non-hydrogen) atoms. The highest BCUT2D eigenvalue weighted by Gasteiger charge is 2.21. The average molecular weight is 312 g/mol. The molecule has 8 nitrogen and oxygen atoms in total. The van der Waals surface area contributed by atoms with Gasteiger partial charge in [-0.1, -0.05) is 6.07 Å². The van der Waals surface area contributed by atoms with Gasteiger partial charge in [-0.15, -0.1) is 0 Å². The van der Waals surface area contributed by atoms with Crippen LogP contribution < -0.4 is 0 Å². The fourth-order valence-corrected chi connectivity index (χ4v) is 2.98. The normalized spacial score (nSPS) is 14.8. The lowest BCUT2D eigenvalue weighted by Gasteiger charge is -2.25. The number of hydrogen-bond donors (Lipinski definition) is 1. The summed E-state index contributed by atoms with van der Waals surface area (Å²) in [7, 11) is 1.37. The Hall–Kier alpha value is -2.74. The van der Waals surface area contributed by atoms with Gasteiger partial charge in [-0.2, -0.15) is 15.4 Å². The molecule has 4 heterocycles. The SMILES string of the molecule is COC(=O)c1cnc2c(CN3CCc4n[nH]nc4C3)cccn12. The summed E-state index contributed by atoms with van der Waals surface area (Å²) in [5, 5.41) is 11.0. The molecule has 0 unspecified atom stereocenters. The number of esters is 1. The van der Waals surface area contributed by atoms with Crippen molar-refractivity contribution in [3.05, 3.63) is 47.2 Å². The highest BCUT2D eigenvalue weighted by atomic mass is 16.5.